The molecule has 0 aliphatic rings. The van der Waals surface area contributed by atoms with Gasteiger partial charge in [0.1, 0.15) is 0 Å². The van der Waals surface area contributed by atoms with E-state index >= 15 is 0 Å². The van der Waals surface area contributed by atoms with Gasteiger partial charge in [0.2, 0.25) is 0 Å². The van der Waals surface area contributed by atoms with Crippen LogP contribution in [0.25, 0.3) is 0 Å². The number of ether oxygens (including phenoxy) is 2. The Morgan fingerprint density at radius 3 is 1.91 bits per heavy atom. The quantitative estimate of drug-likeness (QED) is 0.153. The molecule has 0 saturated carbocycles. The highest BCUT2D eigenvalue weighted by atomic mass is 16.5. The molecule has 0 N–H and O–H groups in total. The minimum atomic E-state index is 0.202. The normalized spacial score (nSPS) is 12.3. The molecule has 4 nitrogen and oxygen atoms in total. The maximum absolute atomic E-state index is 5.99. The van der Waals surface area contributed by atoms with Crippen LogP contribution in [0, 0.1) is 0 Å². The van der Waals surface area contributed by atoms with Gasteiger partial charge in [0.05, 0.1) is 25.6 Å². The van der Waals surface area contributed by atoms with E-state index in [4.69, 9.17) is 9.47 Å². The molecule has 1 aromatic heterocycles. The zero-order chi connectivity index (χ0) is 23.9. The monoisotopic (exact) mass is 470 g/mol. The molecule has 1 aromatic carbocycles. The van der Waals surface area contributed by atoms with Crippen molar-refractivity contribution in [3.05, 3.63) is 54.6 Å². The molecule has 2 aromatic rings. The first-order chi connectivity index (χ1) is 16.9. The summed E-state index contributed by atoms with van der Waals surface area (Å²) in [5.74, 6) is 0. The van der Waals surface area contributed by atoms with Crippen molar-refractivity contribution in [3.63, 3.8) is 0 Å². The topological polar surface area (TPSA) is 36.3 Å². The molecule has 1 atom stereocenters. The minimum absolute atomic E-state index is 0.202. The SMILES string of the molecule is CCC(COCCCCCCCCCCCCCCCCn1ccnc1)OCc1ccccc1. The van der Waals surface area contributed by atoms with Crippen LogP contribution in [0.2, 0.25) is 0 Å². The Morgan fingerprint density at radius 1 is 0.765 bits per heavy atom. The van der Waals surface area contributed by atoms with Crippen LogP contribution in [0.5, 0.6) is 0 Å². The Labute approximate surface area is 209 Å². The second-order valence-electron chi connectivity index (χ2n) is 9.65. The number of imidazole rings is 1. The maximum Gasteiger partial charge on any atom is 0.0945 e. The van der Waals surface area contributed by atoms with Crippen LogP contribution in [0.4, 0.5) is 0 Å². The summed E-state index contributed by atoms with van der Waals surface area (Å²) < 4.78 is 14.0. The molecule has 4 heteroatoms. The summed E-state index contributed by atoms with van der Waals surface area (Å²) in [5, 5.41) is 0. The summed E-state index contributed by atoms with van der Waals surface area (Å²) in [5.41, 5.74) is 1.23. The van der Waals surface area contributed by atoms with Gasteiger partial charge in [0, 0.05) is 25.5 Å². The summed E-state index contributed by atoms with van der Waals surface area (Å²) in [6.45, 7) is 5.56. The molecule has 0 aliphatic heterocycles. The van der Waals surface area contributed by atoms with E-state index in [0.717, 1.165) is 26.2 Å². The predicted octanol–water partition coefficient (Wildman–Crippen LogP) is 8.36. The maximum atomic E-state index is 5.99. The van der Waals surface area contributed by atoms with Crippen molar-refractivity contribution < 1.29 is 9.47 Å². The Bertz CT molecular complexity index is 660. The average molecular weight is 471 g/mol. The zero-order valence-corrected chi connectivity index (χ0v) is 21.8. The lowest BCUT2D eigenvalue weighted by Gasteiger charge is -2.16. The number of unbranched alkanes of at least 4 members (excludes halogenated alkanes) is 13. The lowest BCUT2D eigenvalue weighted by molar-refractivity contribution is -0.0269. The largest absolute Gasteiger partial charge is 0.379 e. The van der Waals surface area contributed by atoms with E-state index in [1.807, 2.05) is 18.6 Å². The molecule has 0 spiro atoms. The van der Waals surface area contributed by atoms with E-state index in [-0.39, 0.29) is 6.10 Å². The lowest BCUT2D eigenvalue weighted by atomic mass is 10.0. The van der Waals surface area contributed by atoms with Crippen LogP contribution in [-0.4, -0.2) is 28.9 Å². The van der Waals surface area contributed by atoms with Crippen molar-refractivity contribution >= 4 is 0 Å². The first-order valence-electron chi connectivity index (χ1n) is 14.1. The van der Waals surface area contributed by atoms with Crippen molar-refractivity contribution in [2.75, 3.05) is 13.2 Å². The van der Waals surface area contributed by atoms with Gasteiger partial charge in [0.25, 0.3) is 0 Å². The summed E-state index contributed by atoms with van der Waals surface area (Å²) in [4.78, 5) is 4.09. The zero-order valence-electron chi connectivity index (χ0n) is 21.8. The van der Waals surface area contributed by atoms with Crippen LogP contribution >= 0.6 is 0 Å². The Kier molecular flexibility index (Phi) is 17.4. The number of hydrogen-bond donors (Lipinski definition) is 0. The third-order valence-electron chi connectivity index (χ3n) is 6.60. The minimum Gasteiger partial charge on any atom is -0.379 e. The van der Waals surface area contributed by atoms with Crippen molar-refractivity contribution in [1.82, 2.24) is 9.55 Å². The highest BCUT2D eigenvalue weighted by Gasteiger charge is 2.07. The summed E-state index contributed by atoms with van der Waals surface area (Å²) >= 11 is 0. The van der Waals surface area contributed by atoms with Crippen LogP contribution < -0.4 is 0 Å². The number of hydrogen-bond acceptors (Lipinski definition) is 3. The van der Waals surface area contributed by atoms with Gasteiger partial charge in [-0.25, -0.2) is 4.98 Å². The van der Waals surface area contributed by atoms with Crippen LogP contribution in [0.3, 0.4) is 0 Å². The van der Waals surface area contributed by atoms with Gasteiger partial charge in [0.15, 0.2) is 0 Å². The molecule has 192 valence electrons. The van der Waals surface area contributed by atoms with Crippen molar-refractivity contribution in [3.8, 4) is 0 Å². The second-order valence-corrected chi connectivity index (χ2v) is 9.65. The van der Waals surface area contributed by atoms with Gasteiger partial charge >= 0.3 is 0 Å². The van der Waals surface area contributed by atoms with E-state index in [9.17, 15) is 0 Å². The third-order valence-corrected chi connectivity index (χ3v) is 6.60. The standard InChI is InChI=1S/C30H50N2O2/c1-2-30(34-26-29-20-16-15-17-21-29)27-33-25-19-14-12-10-8-6-4-3-5-7-9-11-13-18-23-32-24-22-31-28-32/h15-17,20-22,24,28,30H,2-14,18-19,23,25-27H2,1H3. The first-order valence-corrected chi connectivity index (χ1v) is 14.1. The molecule has 2 rings (SSSR count). The van der Waals surface area contributed by atoms with Crippen LogP contribution in [-0.2, 0) is 22.6 Å². The van der Waals surface area contributed by atoms with Crippen LogP contribution in [0.1, 0.15) is 109 Å². The van der Waals surface area contributed by atoms with Gasteiger partial charge in [-0.15, -0.1) is 0 Å². The van der Waals surface area contributed by atoms with E-state index in [1.165, 1.54) is 95.5 Å². The summed E-state index contributed by atoms with van der Waals surface area (Å²) in [7, 11) is 0. The fourth-order valence-electron chi connectivity index (χ4n) is 4.33. The molecular weight excluding hydrogens is 420 g/mol. The van der Waals surface area contributed by atoms with Gasteiger partial charge < -0.3 is 14.0 Å². The highest BCUT2D eigenvalue weighted by molar-refractivity contribution is 5.13. The Morgan fingerprint density at radius 2 is 1.35 bits per heavy atom. The fraction of sp³-hybridized carbons (Fsp3) is 0.700. The molecule has 0 radical (unpaired) electrons. The average Bonchev–Trinajstić information content (AvgIpc) is 3.39. The Hall–Kier alpha value is -1.65. The van der Waals surface area contributed by atoms with Crippen molar-refractivity contribution in [2.45, 2.75) is 122 Å². The summed E-state index contributed by atoms with van der Waals surface area (Å²) in [6.07, 6.45) is 26.2. The number of nitrogens with zero attached hydrogens (tertiary/aromatic N) is 2. The molecular formula is C30H50N2O2. The molecule has 0 amide bonds. The summed E-state index contributed by atoms with van der Waals surface area (Å²) in [6, 6.07) is 10.4. The highest BCUT2D eigenvalue weighted by Crippen LogP contribution is 2.13. The molecule has 1 heterocycles. The lowest BCUT2D eigenvalue weighted by Crippen LogP contribution is -2.19. The molecule has 0 bridgehead atoms. The van der Waals surface area contributed by atoms with Gasteiger partial charge in [-0.3, -0.25) is 0 Å². The third kappa shape index (κ3) is 15.3. The predicted molar refractivity (Wildman–Crippen MR) is 143 cm³/mol. The molecule has 0 fully saturated rings. The van der Waals surface area contributed by atoms with Gasteiger partial charge in [-0.05, 0) is 24.8 Å². The smallest absolute Gasteiger partial charge is 0.0945 e. The van der Waals surface area contributed by atoms with E-state index in [2.05, 4.69) is 46.9 Å². The van der Waals surface area contributed by atoms with Crippen LogP contribution in [0.15, 0.2) is 49.1 Å². The molecule has 34 heavy (non-hydrogen) atoms. The van der Waals surface area contributed by atoms with E-state index < -0.39 is 0 Å². The van der Waals surface area contributed by atoms with Gasteiger partial charge in [-0.2, -0.15) is 0 Å². The number of aryl methyl sites for hydroxylation is 1. The number of rotatable bonds is 23. The van der Waals surface area contributed by atoms with E-state index in [0.29, 0.717) is 6.61 Å². The molecule has 1 unspecified atom stereocenters. The van der Waals surface area contributed by atoms with Crippen molar-refractivity contribution in [1.29, 1.82) is 0 Å². The number of aromatic nitrogens is 2. The molecule has 0 saturated heterocycles. The second kappa shape index (κ2) is 20.7. The van der Waals surface area contributed by atoms with Gasteiger partial charge in [-0.1, -0.05) is 114 Å². The Balaban J connectivity index is 1.25. The first kappa shape index (κ1) is 28.6. The molecule has 0 aliphatic carbocycles. The fourth-order valence-corrected chi connectivity index (χ4v) is 4.33. The van der Waals surface area contributed by atoms with E-state index in [1.54, 1.807) is 0 Å². The number of benzene rings is 1. The van der Waals surface area contributed by atoms with Crippen molar-refractivity contribution in [2.24, 2.45) is 0 Å².